The summed E-state index contributed by atoms with van der Waals surface area (Å²) in [4.78, 5) is 0. The minimum Gasteiger partial charge on any atom is -0.311 e. The normalized spacial score (nSPS) is 25.8. The summed E-state index contributed by atoms with van der Waals surface area (Å²) >= 11 is 6.12. The molecular weight excluding hydrogens is 206 g/mol. The SMILES string of the molecule is Cc1ccc(CC2(C)CCCN2)cc1Cl. The molecule has 2 heteroatoms. The van der Waals surface area contributed by atoms with Gasteiger partial charge in [-0.3, -0.25) is 0 Å². The van der Waals surface area contributed by atoms with Crippen LogP contribution in [0.4, 0.5) is 0 Å². The lowest BCUT2D eigenvalue weighted by molar-refractivity contribution is 0.412. The number of aryl methyl sites for hydroxylation is 1. The van der Waals surface area contributed by atoms with Gasteiger partial charge in [0.05, 0.1) is 0 Å². The Morgan fingerprint density at radius 2 is 2.27 bits per heavy atom. The summed E-state index contributed by atoms with van der Waals surface area (Å²) in [6.07, 6.45) is 3.63. The van der Waals surface area contributed by atoms with E-state index in [0.717, 1.165) is 23.6 Å². The third kappa shape index (κ3) is 2.53. The van der Waals surface area contributed by atoms with Gasteiger partial charge in [0.15, 0.2) is 0 Å². The van der Waals surface area contributed by atoms with Gasteiger partial charge in [0, 0.05) is 10.6 Å². The van der Waals surface area contributed by atoms with Gasteiger partial charge in [0.1, 0.15) is 0 Å². The van der Waals surface area contributed by atoms with E-state index < -0.39 is 0 Å². The Kier molecular flexibility index (Phi) is 3.03. The zero-order valence-corrected chi connectivity index (χ0v) is 10.2. The van der Waals surface area contributed by atoms with E-state index in [2.05, 4.69) is 30.4 Å². The molecule has 0 bridgehead atoms. The molecule has 0 spiro atoms. The monoisotopic (exact) mass is 223 g/mol. The van der Waals surface area contributed by atoms with E-state index in [1.165, 1.54) is 18.4 Å². The molecule has 0 amide bonds. The van der Waals surface area contributed by atoms with Crippen molar-refractivity contribution in [2.75, 3.05) is 6.54 Å². The van der Waals surface area contributed by atoms with Gasteiger partial charge in [-0.1, -0.05) is 23.7 Å². The molecule has 1 fully saturated rings. The lowest BCUT2D eigenvalue weighted by atomic mass is 9.91. The summed E-state index contributed by atoms with van der Waals surface area (Å²) in [6.45, 7) is 5.49. The van der Waals surface area contributed by atoms with E-state index in [-0.39, 0.29) is 5.54 Å². The standard InChI is InChI=1S/C13H18ClN/c1-10-4-5-11(8-12(10)14)9-13(2)6-3-7-15-13/h4-5,8,15H,3,6-7,9H2,1-2H3. The predicted molar refractivity (Wildman–Crippen MR) is 65.5 cm³/mol. The molecule has 1 atom stereocenters. The molecular formula is C13H18ClN. The lowest BCUT2D eigenvalue weighted by Crippen LogP contribution is -2.38. The Hall–Kier alpha value is -0.530. The average molecular weight is 224 g/mol. The molecule has 0 aromatic heterocycles. The van der Waals surface area contributed by atoms with Crippen LogP contribution in [-0.4, -0.2) is 12.1 Å². The number of nitrogens with one attached hydrogen (secondary N) is 1. The zero-order chi connectivity index (χ0) is 10.9. The summed E-state index contributed by atoms with van der Waals surface area (Å²) < 4.78 is 0. The Balaban J connectivity index is 2.13. The van der Waals surface area contributed by atoms with Crippen molar-refractivity contribution in [1.82, 2.24) is 5.32 Å². The molecule has 1 N–H and O–H groups in total. The van der Waals surface area contributed by atoms with Crippen molar-refractivity contribution in [2.24, 2.45) is 0 Å². The van der Waals surface area contributed by atoms with Crippen molar-refractivity contribution in [3.8, 4) is 0 Å². The topological polar surface area (TPSA) is 12.0 Å². The van der Waals surface area contributed by atoms with Crippen LogP contribution in [0.3, 0.4) is 0 Å². The van der Waals surface area contributed by atoms with Crippen molar-refractivity contribution in [1.29, 1.82) is 0 Å². The number of benzene rings is 1. The van der Waals surface area contributed by atoms with Crippen LogP contribution in [0.25, 0.3) is 0 Å². The third-order valence-corrected chi connectivity index (χ3v) is 3.69. The largest absolute Gasteiger partial charge is 0.311 e. The van der Waals surface area contributed by atoms with Crippen molar-refractivity contribution in [3.05, 3.63) is 34.3 Å². The quantitative estimate of drug-likeness (QED) is 0.811. The Labute approximate surface area is 96.8 Å². The number of hydrogen-bond acceptors (Lipinski definition) is 1. The summed E-state index contributed by atoms with van der Waals surface area (Å²) in [7, 11) is 0. The maximum Gasteiger partial charge on any atom is 0.0437 e. The molecule has 0 aliphatic carbocycles. The van der Waals surface area contributed by atoms with E-state index in [1.54, 1.807) is 0 Å². The first kappa shape index (κ1) is 11.0. The smallest absolute Gasteiger partial charge is 0.0437 e. The van der Waals surface area contributed by atoms with E-state index in [4.69, 9.17) is 11.6 Å². The first-order valence-corrected chi connectivity index (χ1v) is 5.97. The zero-order valence-electron chi connectivity index (χ0n) is 9.44. The molecule has 82 valence electrons. The van der Waals surface area contributed by atoms with E-state index >= 15 is 0 Å². The second-order valence-corrected chi connectivity index (χ2v) is 5.26. The van der Waals surface area contributed by atoms with Gasteiger partial charge in [-0.25, -0.2) is 0 Å². The number of hydrogen-bond donors (Lipinski definition) is 1. The van der Waals surface area contributed by atoms with Gasteiger partial charge in [-0.2, -0.15) is 0 Å². The fourth-order valence-corrected chi connectivity index (χ4v) is 2.51. The fraction of sp³-hybridized carbons (Fsp3) is 0.538. The van der Waals surface area contributed by atoms with Gasteiger partial charge in [0.25, 0.3) is 0 Å². The van der Waals surface area contributed by atoms with Crippen LogP contribution >= 0.6 is 11.6 Å². The van der Waals surface area contributed by atoms with Crippen LogP contribution in [-0.2, 0) is 6.42 Å². The van der Waals surface area contributed by atoms with Crippen molar-refractivity contribution >= 4 is 11.6 Å². The maximum atomic E-state index is 6.12. The third-order valence-electron chi connectivity index (χ3n) is 3.29. The molecule has 1 saturated heterocycles. The van der Waals surface area contributed by atoms with Crippen LogP contribution in [0, 0.1) is 6.92 Å². The Bertz CT molecular complexity index is 354. The summed E-state index contributed by atoms with van der Waals surface area (Å²) in [6, 6.07) is 6.39. The highest BCUT2D eigenvalue weighted by molar-refractivity contribution is 6.31. The van der Waals surface area contributed by atoms with E-state index in [0.29, 0.717) is 0 Å². The maximum absolute atomic E-state index is 6.12. The highest BCUT2D eigenvalue weighted by atomic mass is 35.5. The molecule has 1 aliphatic rings. The molecule has 1 aliphatic heterocycles. The van der Waals surface area contributed by atoms with E-state index in [1.807, 2.05) is 6.92 Å². The summed E-state index contributed by atoms with van der Waals surface area (Å²) in [5, 5.41) is 4.46. The highest BCUT2D eigenvalue weighted by Gasteiger charge is 2.27. The highest BCUT2D eigenvalue weighted by Crippen LogP contribution is 2.25. The van der Waals surface area contributed by atoms with Crippen molar-refractivity contribution in [3.63, 3.8) is 0 Å². The molecule has 15 heavy (non-hydrogen) atoms. The van der Waals surface area contributed by atoms with Crippen molar-refractivity contribution < 1.29 is 0 Å². The number of rotatable bonds is 2. The molecule has 1 unspecified atom stereocenters. The van der Waals surface area contributed by atoms with Crippen LogP contribution in [0.15, 0.2) is 18.2 Å². The molecule has 1 aromatic rings. The first-order chi connectivity index (χ1) is 7.09. The van der Waals surface area contributed by atoms with Gasteiger partial charge in [-0.05, 0) is 56.8 Å². The lowest BCUT2D eigenvalue weighted by Gasteiger charge is -2.24. The van der Waals surface area contributed by atoms with E-state index in [9.17, 15) is 0 Å². The minimum atomic E-state index is 0.276. The summed E-state index contributed by atoms with van der Waals surface area (Å²) in [5.74, 6) is 0. The Morgan fingerprint density at radius 1 is 1.47 bits per heavy atom. The first-order valence-electron chi connectivity index (χ1n) is 5.59. The molecule has 2 rings (SSSR count). The van der Waals surface area contributed by atoms with Crippen LogP contribution in [0.1, 0.15) is 30.9 Å². The number of halogens is 1. The molecule has 0 saturated carbocycles. The van der Waals surface area contributed by atoms with Gasteiger partial charge in [0.2, 0.25) is 0 Å². The molecule has 1 heterocycles. The molecule has 1 nitrogen and oxygen atoms in total. The fourth-order valence-electron chi connectivity index (χ4n) is 2.30. The van der Waals surface area contributed by atoms with Crippen LogP contribution in [0.5, 0.6) is 0 Å². The summed E-state index contributed by atoms with van der Waals surface area (Å²) in [5.41, 5.74) is 2.77. The second kappa shape index (κ2) is 4.15. The van der Waals surface area contributed by atoms with Crippen LogP contribution < -0.4 is 5.32 Å². The van der Waals surface area contributed by atoms with Gasteiger partial charge < -0.3 is 5.32 Å². The van der Waals surface area contributed by atoms with Crippen molar-refractivity contribution in [2.45, 2.75) is 38.6 Å². The molecule has 0 radical (unpaired) electrons. The minimum absolute atomic E-state index is 0.276. The van der Waals surface area contributed by atoms with Crippen LogP contribution in [0.2, 0.25) is 5.02 Å². The average Bonchev–Trinajstić information content (AvgIpc) is 2.59. The Morgan fingerprint density at radius 3 is 2.87 bits per heavy atom. The predicted octanol–water partition coefficient (Wildman–Crippen LogP) is 3.33. The van der Waals surface area contributed by atoms with Gasteiger partial charge in [-0.15, -0.1) is 0 Å². The molecule has 1 aromatic carbocycles. The second-order valence-electron chi connectivity index (χ2n) is 4.85. The van der Waals surface area contributed by atoms with Gasteiger partial charge >= 0.3 is 0 Å².